The first-order valence-electron chi connectivity index (χ1n) is 12.1. The van der Waals surface area contributed by atoms with Gasteiger partial charge in [0.15, 0.2) is 6.29 Å². The van der Waals surface area contributed by atoms with Crippen LogP contribution in [0.1, 0.15) is 6.42 Å². The molecule has 0 bridgehead atoms. The van der Waals surface area contributed by atoms with Crippen molar-refractivity contribution in [3.8, 4) is 0 Å². The minimum absolute atomic E-state index is 0.0192. The molecule has 0 aliphatic carbocycles. The summed E-state index contributed by atoms with van der Waals surface area (Å²) in [5.74, 6) is -2.27. The summed E-state index contributed by atoms with van der Waals surface area (Å²) in [6.45, 7) is -0.532. The molecule has 196 valence electrons. The number of hydrogen-bond donors (Lipinski definition) is 3. The number of benzene rings is 3. The minimum Gasteiger partial charge on any atom is -0.480 e. The Bertz CT molecular complexity index is 1200. The van der Waals surface area contributed by atoms with E-state index in [0.717, 1.165) is 27.7 Å². The van der Waals surface area contributed by atoms with E-state index < -0.39 is 37.0 Å². The molecule has 1 aliphatic rings. The molecular formula is C28H29N3O5PS+. The standard InChI is InChI=1S/C28H28N3O5PS/c29-23(27(35)30-17-26(33)34)18-38-24-16-25(32)31(28(24)36)19-37(20-10-4-1-5-11-20,21-12-6-2-7-13-21)22-14-8-3-9-15-22/h1-15,23-24H,16-19,29H2,(H-,30,33,34,35)/p+1. The van der Waals surface area contributed by atoms with Gasteiger partial charge in [0.25, 0.3) is 0 Å². The molecule has 4 N–H and O–H groups in total. The van der Waals surface area contributed by atoms with Gasteiger partial charge in [-0.25, -0.2) is 4.90 Å². The van der Waals surface area contributed by atoms with Gasteiger partial charge in [-0.15, -0.1) is 11.8 Å². The van der Waals surface area contributed by atoms with Crippen LogP contribution in [0, 0.1) is 0 Å². The molecule has 0 radical (unpaired) electrons. The molecule has 8 nitrogen and oxygen atoms in total. The van der Waals surface area contributed by atoms with E-state index in [9.17, 15) is 19.2 Å². The van der Waals surface area contributed by atoms with Crippen molar-refractivity contribution in [2.24, 2.45) is 5.73 Å². The maximum Gasteiger partial charge on any atom is 0.322 e. The Morgan fingerprint density at radius 3 is 1.84 bits per heavy atom. The molecule has 1 aliphatic heterocycles. The number of thioether (sulfide) groups is 1. The van der Waals surface area contributed by atoms with Gasteiger partial charge < -0.3 is 16.2 Å². The van der Waals surface area contributed by atoms with Gasteiger partial charge in [-0.1, -0.05) is 54.6 Å². The van der Waals surface area contributed by atoms with Gasteiger partial charge in [-0.3, -0.25) is 19.2 Å². The Hall–Kier alpha value is -3.52. The Labute approximate surface area is 225 Å². The molecule has 4 rings (SSSR count). The Balaban J connectivity index is 1.62. The number of nitrogens with zero attached hydrogens (tertiary/aromatic N) is 1. The first-order valence-corrected chi connectivity index (χ1v) is 15.1. The van der Waals surface area contributed by atoms with Crippen molar-refractivity contribution in [2.75, 3.05) is 18.6 Å². The van der Waals surface area contributed by atoms with Crippen LogP contribution in [0.5, 0.6) is 0 Å². The van der Waals surface area contributed by atoms with Crippen molar-refractivity contribution in [1.29, 1.82) is 0 Å². The summed E-state index contributed by atoms with van der Waals surface area (Å²) in [5, 5.41) is 13.5. The van der Waals surface area contributed by atoms with E-state index in [1.165, 1.54) is 4.90 Å². The topological polar surface area (TPSA) is 130 Å². The maximum absolute atomic E-state index is 13.6. The molecule has 3 aromatic carbocycles. The number of carbonyl (C=O) groups excluding carboxylic acids is 3. The summed E-state index contributed by atoms with van der Waals surface area (Å²) in [7, 11) is -2.45. The number of amides is 3. The van der Waals surface area contributed by atoms with Gasteiger partial charge in [-0.05, 0) is 36.4 Å². The second-order valence-corrected chi connectivity index (χ2v) is 13.5. The highest BCUT2D eigenvalue weighted by Crippen LogP contribution is 2.56. The number of carboxylic acid groups (broad SMARTS) is 1. The molecule has 2 unspecified atom stereocenters. The summed E-state index contributed by atoms with van der Waals surface area (Å²) in [5.41, 5.74) is 5.90. The number of carboxylic acids is 1. The summed E-state index contributed by atoms with van der Waals surface area (Å²) in [6, 6.07) is 29.0. The van der Waals surface area contributed by atoms with Crippen LogP contribution in [0.2, 0.25) is 0 Å². The van der Waals surface area contributed by atoms with Crippen molar-refractivity contribution in [1.82, 2.24) is 10.2 Å². The zero-order valence-corrected chi connectivity index (χ0v) is 22.3. The second-order valence-electron chi connectivity index (χ2n) is 8.86. The molecule has 3 aromatic rings. The van der Waals surface area contributed by atoms with Gasteiger partial charge in [0.05, 0.1) is 11.3 Å². The molecule has 1 saturated heterocycles. The van der Waals surface area contributed by atoms with E-state index in [4.69, 9.17) is 10.8 Å². The zero-order chi connectivity index (χ0) is 27.1. The number of imide groups is 1. The summed E-state index contributed by atoms with van der Waals surface area (Å²) in [6.07, 6.45) is 0.246. The lowest BCUT2D eigenvalue weighted by atomic mass is 10.3. The van der Waals surface area contributed by atoms with Gasteiger partial charge in [0, 0.05) is 12.2 Å². The third-order valence-corrected chi connectivity index (χ3v) is 11.9. The predicted molar refractivity (Wildman–Crippen MR) is 151 cm³/mol. The van der Waals surface area contributed by atoms with Gasteiger partial charge in [0.2, 0.25) is 17.7 Å². The Morgan fingerprint density at radius 2 is 1.39 bits per heavy atom. The lowest BCUT2D eigenvalue weighted by Crippen LogP contribution is -2.44. The average Bonchev–Trinajstić information content (AvgIpc) is 3.21. The number of aliphatic carboxylic acids is 1. The van der Waals surface area contributed by atoms with E-state index in [0.29, 0.717) is 0 Å². The van der Waals surface area contributed by atoms with E-state index in [2.05, 4.69) is 41.7 Å². The lowest BCUT2D eigenvalue weighted by molar-refractivity contribution is -0.138. The molecule has 3 amide bonds. The van der Waals surface area contributed by atoms with Crippen LogP contribution in [-0.2, 0) is 19.2 Å². The van der Waals surface area contributed by atoms with Crippen molar-refractivity contribution in [3.05, 3.63) is 91.0 Å². The largest absolute Gasteiger partial charge is 0.480 e. The normalized spacial score (nSPS) is 16.3. The van der Waals surface area contributed by atoms with Crippen LogP contribution in [-0.4, -0.2) is 63.6 Å². The third-order valence-electron chi connectivity index (χ3n) is 6.37. The van der Waals surface area contributed by atoms with Crippen molar-refractivity contribution in [2.45, 2.75) is 17.7 Å². The average molecular weight is 551 g/mol. The fourth-order valence-corrected chi connectivity index (χ4v) is 9.74. The maximum atomic E-state index is 13.6. The molecule has 10 heteroatoms. The van der Waals surface area contributed by atoms with Crippen LogP contribution in [0.4, 0.5) is 0 Å². The fraction of sp³-hybridized carbons (Fsp3) is 0.214. The van der Waals surface area contributed by atoms with E-state index in [1.54, 1.807) is 0 Å². The molecule has 2 atom stereocenters. The van der Waals surface area contributed by atoms with Gasteiger partial charge in [0.1, 0.15) is 29.7 Å². The molecule has 0 saturated carbocycles. The zero-order valence-electron chi connectivity index (χ0n) is 20.6. The summed E-state index contributed by atoms with van der Waals surface area (Å²) < 4.78 is 0. The van der Waals surface area contributed by atoms with Gasteiger partial charge >= 0.3 is 5.97 Å². The van der Waals surface area contributed by atoms with Crippen LogP contribution >= 0.6 is 19.0 Å². The van der Waals surface area contributed by atoms with E-state index >= 15 is 0 Å². The highest BCUT2D eigenvalue weighted by Gasteiger charge is 2.52. The molecular weight excluding hydrogens is 521 g/mol. The fourth-order valence-electron chi connectivity index (χ4n) is 4.47. The molecule has 0 spiro atoms. The number of likely N-dealkylation sites (tertiary alicyclic amines) is 1. The van der Waals surface area contributed by atoms with Crippen LogP contribution in [0.25, 0.3) is 0 Å². The highest BCUT2D eigenvalue weighted by atomic mass is 32.2. The number of nitrogens with one attached hydrogen (secondary N) is 1. The van der Waals surface area contributed by atoms with Crippen molar-refractivity contribution >= 4 is 58.6 Å². The van der Waals surface area contributed by atoms with Crippen molar-refractivity contribution < 1.29 is 24.3 Å². The minimum atomic E-state index is -2.45. The third kappa shape index (κ3) is 5.96. The number of rotatable bonds is 11. The SMILES string of the molecule is NC(CSC1CC(=O)N(C[P+](c2ccccc2)(c2ccccc2)c2ccccc2)C1=O)C(=O)NCC(=O)O. The smallest absolute Gasteiger partial charge is 0.322 e. The first kappa shape index (κ1) is 27.5. The van der Waals surface area contributed by atoms with Crippen LogP contribution in [0.15, 0.2) is 91.0 Å². The Morgan fingerprint density at radius 1 is 0.921 bits per heavy atom. The number of carbonyl (C=O) groups is 4. The van der Waals surface area contributed by atoms with Crippen molar-refractivity contribution in [3.63, 3.8) is 0 Å². The predicted octanol–water partition coefficient (Wildman–Crippen LogP) is 1.33. The summed E-state index contributed by atoms with van der Waals surface area (Å²) >= 11 is 1.15. The summed E-state index contributed by atoms with van der Waals surface area (Å²) in [4.78, 5) is 50.9. The molecule has 1 heterocycles. The van der Waals surface area contributed by atoms with Crippen LogP contribution in [0.3, 0.4) is 0 Å². The number of hydrogen-bond acceptors (Lipinski definition) is 6. The molecule has 38 heavy (non-hydrogen) atoms. The van der Waals surface area contributed by atoms with E-state index in [-0.39, 0.29) is 30.3 Å². The number of nitrogens with two attached hydrogens (primary N) is 1. The van der Waals surface area contributed by atoms with E-state index in [1.807, 2.05) is 54.6 Å². The first-order chi connectivity index (χ1) is 18.3. The van der Waals surface area contributed by atoms with Gasteiger partial charge in [-0.2, -0.15) is 0 Å². The Kier molecular flexibility index (Phi) is 8.94. The monoisotopic (exact) mass is 550 g/mol. The lowest BCUT2D eigenvalue weighted by Gasteiger charge is -2.30. The second kappa shape index (κ2) is 12.3. The van der Waals surface area contributed by atoms with Crippen LogP contribution < -0.4 is 27.0 Å². The molecule has 1 fully saturated rings. The quantitative estimate of drug-likeness (QED) is 0.243. The molecule has 0 aromatic heterocycles. The highest BCUT2D eigenvalue weighted by molar-refractivity contribution is 8.00.